The van der Waals surface area contributed by atoms with Gasteiger partial charge >= 0.3 is 6.18 Å². The Hall–Kier alpha value is -1.80. The highest BCUT2D eigenvalue weighted by Gasteiger charge is 2.41. The molecule has 0 aromatic carbocycles. The number of hydrogen-bond acceptors (Lipinski definition) is 3. The number of guanidine groups is 1. The molecule has 2 N–H and O–H groups in total. The van der Waals surface area contributed by atoms with E-state index in [2.05, 4.69) is 30.4 Å². The fourth-order valence-corrected chi connectivity index (χ4v) is 3.89. The van der Waals surface area contributed by atoms with E-state index in [9.17, 15) is 13.2 Å². The average Bonchev–Trinajstić information content (AvgIpc) is 2.99. The van der Waals surface area contributed by atoms with Crippen LogP contribution in [0, 0.1) is 18.8 Å². The van der Waals surface area contributed by atoms with Crippen molar-refractivity contribution in [3.63, 3.8) is 0 Å². The van der Waals surface area contributed by atoms with Crippen LogP contribution < -0.4 is 10.6 Å². The lowest BCUT2D eigenvalue weighted by Crippen LogP contribution is -2.47. The van der Waals surface area contributed by atoms with Crippen LogP contribution in [0.5, 0.6) is 0 Å². The minimum absolute atomic E-state index is 0.0536. The van der Waals surface area contributed by atoms with Crippen LogP contribution in [0.3, 0.4) is 0 Å². The van der Waals surface area contributed by atoms with Crippen molar-refractivity contribution in [3.05, 3.63) is 11.6 Å². The second kappa shape index (κ2) is 7.84. The van der Waals surface area contributed by atoms with Gasteiger partial charge in [-0.2, -0.15) is 13.2 Å². The lowest BCUT2D eigenvalue weighted by molar-refractivity contribution is -0.182. The SMILES string of the molecule is CN=C(NCC1CCc2nnc(C)n2C1)NC1CCC(C(F)(F)F)CC1. The molecule has 1 saturated carbocycles. The minimum atomic E-state index is -4.06. The Bertz CT molecular complexity index is 631. The van der Waals surface area contributed by atoms with Crippen LogP contribution in [0.15, 0.2) is 4.99 Å². The summed E-state index contributed by atoms with van der Waals surface area (Å²) in [6.45, 7) is 3.62. The second-order valence-corrected chi connectivity index (χ2v) is 7.37. The molecular weight excluding hydrogens is 345 g/mol. The summed E-state index contributed by atoms with van der Waals surface area (Å²) in [5.74, 6) is 1.96. The van der Waals surface area contributed by atoms with Gasteiger partial charge in [0.15, 0.2) is 5.96 Å². The molecule has 1 unspecified atom stereocenters. The number of fused-ring (bicyclic) bond motifs is 1. The average molecular weight is 372 g/mol. The third kappa shape index (κ3) is 4.48. The van der Waals surface area contributed by atoms with E-state index in [1.54, 1.807) is 7.05 Å². The van der Waals surface area contributed by atoms with Crippen molar-refractivity contribution < 1.29 is 13.2 Å². The summed E-state index contributed by atoms with van der Waals surface area (Å²) in [6.07, 6.45) is -0.674. The Morgan fingerprint density at radius 2 is 1.92 bits per heavy atom. The van der Waals surface area contributed by atoms with E-state index in [-0.39, 0.29) is 18.9 Å². The van der Waals surface area contributed by atoms with Crippen LogP contribution >= 0.6 is 0 Å². The maximum absolute atomic E-state index is 12.8. The molecule has 0 amide bonds. The molecule has 146 valence electrons. The Morgan fingerprint density at radius 1 is 1.19 bits per heavy atom. The minimum Gasteiger partial charge on any atom is -0.356 e. The van der Waals surface area contributed by atoms with Crippen molar-refractivity contribution >= 4 is 5.96 Å². The summed E-state index contributed by atoms with van der Waals surface area (Å²) in [4.78, 5) is 4.23. The first kappa shape index (κ1) is 19.0. The highest BCUT2D eigenvalue weighted by molar-refractivity contribution is 5.79. The Kier molecular flexibility index (Phi) is 5.72. The van der Waals surface area contributed by atoms with Gasteiger partial charge in [-0.15, -0.1) is 10.2 Å². The van der Waals surface area contributed by atoms with Crippen molar-refractivity contribution in [2.24, 2.45) is 16.8 Å². The first-order valence-corrected chi connectivity index (χ1v) is 9.29. The zero-order chi connectivity index (χ0) is 18.7. The normalized spacial score (nSPS) is 27.1. The van der Waals surface area contributed by atoms with E-state index in [0.717, 1.165) is 37.6 Å². The molecule has 3 rings (SSSR count). The third-order valence-corrected chi connectivity index (χ3v) is 5.54. The number of aliphatic imine (C=N–C) groups is 1. The lowest BCUT2D eigenvalue weighted by atomic mass is 9.85. The van der Waals surface area contributed by atoms with E-state index in [1.807, 2.05) is 6.92 Å². The van der Waals surface area contributed by atoms with Crippen LogP contribution in [-0.4, -0.2) is 46.5 Å². The summed E-state index contributed by atoms with van der Waals surface area (Å²) in [7, 11) is 1.69. The first-order valence-electron chi connectivity index (χ1n) is 9.29. The van der Waals surface area contributed by atoms with Crippen LogP contribution in [0.25, 0.3) is 0 Å². The van der Waals surface area contributed by atoms with Gasteiger partial charge in [-0.3, -0.25) is 4.99 Å². The number of hydrogen-bond donors (Lipinski definition) is 2. The maximum Gasteiger partial charge on any atom is 0.391 e. The maximum atomic E-state index is 12.8. The molecule has 1 aromatic rings. The number of halogens is 3. The van der Waals surface area contributed by atoms with Crippen LogP contribution in [0.4, 0.5) is 13.2 Å². The van der Waals surface area contributed by atoms with E-state index >= 15 is 0 Å². The quantitative estimate of drug-likeness (QED) is 0.632. The van der Waals surface area contributed by atoms with E-state index < -0.39 is 12.1 Å². The van der Waals surface area contributed by atoms with E-state index in [4.69, 9.17) is 0 Å². The van der Waals surface area contributed by atoms with Crippen LogP contribution in [0.1, 0.15) is 43.8 Å². The smallest absolute Gasteiger partial charge is 0.356 e. The number of alkyl halides is 3. The standard InChI is InChI=1S/C17H27F3N6/c1-11-24-25-15-8-3-12(10-26(11)15)9-22-16(21-2)23-14-6-4-13(5-7-14)17(18,19)20/h12-14H,3-10H2,1-2H3,(H2,21,22,23). The van der Waals surface area contributed by atoms with Crippen molar-refractivity contribution in [1.82, 2.24) is 25.4 Å². The molecule has 6 nitrogen and oxygen atoms in total. The molecule has 1 atom stereocenters. The Balaban J connectivity index is 1.44. The number of rotatable bonds is 3. The monoisotopic (exact) mass is 372 g/mol. The molecule has 2 aliphatic rings. The van der Waals surface area contributed by atoms with Gasteiger partial charge in [0, 0.05) is 32.6 Å². The van der Waals surface area contributed by atoms with Gasteiger partial charge in [0.25, 0.3) is 0 Å². The molecule has 2 heterocycles. The second-order valence-electron chi connectivity index (χ2n) is 7.37. The molecule has 26 heavy (non-hydrogen) atoms. The molecule has 1 fully saturated rings. The van der Waals surface area contributed by atoms with Crippen molar-refractivity contribution in [1.29, 1.82) is 0 Å². The molecule has 9 heteroatoms. The number of aromatic nitrogens is 3. The van der Waals surface area contributed by atoms with Gasteiger partial charge < -0.3 is 15.2 Å². The zero-order valence-corrected chi connectivity index (χ0v) is 15.3. The van der Waals surface area contributed by atoms with Crippen molar-refractivity contribution in [2.75, 3.05) is 13.6 Å². The number of nitrogens with one attached hydrogen (secondary N) is 2. The summed E-state index contributed by atoms with van der Waals surface area (Å²) >= 11 is 0. The van der Waals surface area contributed by atoms with Gasteiger partial charge in [0.05, 0.1) is 5.92 Å². The summed E-state index contributed by atoms with van der Waals surface area (Å²) in [5, 5.41) is 14.9. The summed E-state index contributed by atoms with van der Waals surface area (Å²) < 4.78 is 40.5. The van der Waals surface area contributed by atoms with Gasteiger partial charge in [-0.05, 0) is 44.9 Å². The fraction of sp³-hybridized carbons (Fsp3) is 0.824. The lowest BCUT2D eigenvalue weighted by Gasteiger charge is -2.31. The van der Waals surface area contributed by atoms with Gasteiger partial charge in [-0.25, -0.2) is 0 Å². The predicted octanol–water partition coefficient (Wildman–Crippen LogP) is 2.44. The zero-order valence-electron chi connectivity index (χ0n) is 15.3. The van der Waals surface area contributed by atoms with Crippen molar-refractivity contribution in [2.45, 2.75) is 64.2 Å². The number of aryl methyl sites for hydroxylation is 2. The largest absolute Gasteiger partial charge is 0.391 e. The third-order valence-electron chi connectivity index (χ3n) is 5.54. The van der Waals surface area contributed by atoms with Gasteiger partial charge in [0.2, 0.25) is 0 Å². The Morgan fingerprint density at radius 3 is 2.58 bits per heavy atom. The molecule has 0 radical (unpaired) electrons. The van der Waals surface area contributed by atoms with Gasteiger partial charge in [0.1, 0.15) is 11.6 Å². The summed E-state index contributed by atoms with van der Waals surface area (Å²) in [6, 6.07) is 0.0536. The molecular formula is C17H27F3N6. The molecule has 0 saturated heterocycles. The fourth-order valence-electron chi connectivity index (χ4n) is 3.89. The molecule has 1 aromatic heterocycles. The van der Waals surface area contributed by atoms with Crippen LogP contribution in [0.2, 0.25) is 0 Å². The summed E-state index contributed by atoms with van der Waals surface area (Å²) in [5.41, 5.74) is 0. The molecule has 0 spiro atoms. The van der Waals surface area contributed by atoms with Crippen molar-refractivity contribution in [3.8, 4) is 0 Å². The topological polar surface area (TPSA) is 67.1 Å². The van der Waals surface area contributed by atoms with Gasteiger partial charge in [-0.1, -0.05) is 0 Å². The highest BCUT2D eigenvalue weighted by Crippen LogP contribution is 2.37. The van der Waals surface area contributed by atoms with E-state index in [0.29, 0.717) is 24.7 Å². The number of nitrogens with zero attached hydrogens (tertiary/aromatic N) is 4. The highest BCUT2D eigenvalue weighted by atomic mass is 19.4. The molecule has 1 aliphatic heterocycles. The van der Waals surface area contributed by atoms with E-state index in [1.165, 1.54) is 0 Å². The molecule has 1 aliphatic carbocycles. The van der Waals surface area contributed by atoms with Crippen LogP contribution in [-0.2, 0) is 13.0 Å². The predicted molar refractivity (Wildman–Crippen MR) is 92.9 cm³/mol. The first-order chi connectivity index (χ1) is 12.4. The molecule has 0 bridgehead atoms. The Labute approximate surface area is 151 Å².